The smallest absolute Gasteiger partial charge is 0.198 e. The van der Waals surface area contributed by atoms with E-state index in [1.807, 2.05) is 0 Å². The molecule has 4 heteroatoms. The highest BCUT2D eigenvalue weighted by atomic mass is 35.5. The molecular formula is C17H28Cl2O2. The molecule has 0 aliphatic heterocycles. The molecule has 0 saturated heterocycles. The zero-order chi connectivity index (χ0) is 16.1. The number of hydrogen-bond donors (Lipinski definition) is 0. The van der Waals surface area contributed by atoms with E-state index in [1.54, 1.807) is 0 Å². The Balaban J connectivity index is 2.24. The van der Waals surface area contributed by atoms with Gasteiger partial charge in [-0.15, -0.1) is 0 Å². The van der Waals surface area contributed by atoms with Crippen LogP contribution in [0.5, 0.6) is 0 Å². The van der Waals surface area contributed by atoms with Crippen LogP contribution in [0.25, 0.3) is 0 Å². The van der Waals surface area contributed by atoms with E-state index in [9.17, 15) is 0 Å². The summed E-state index contributed by atoms with van der Waals surface area (Å²) in [5.74, 6) is 0.456. The maximum Gasteiger partial charge on any atom is 0.198 e. The summed E-state index contributed by atoms with van der Waals surface area (Å²) in [6.45, 7) is 14.3. The van der Waals surface area contributed by atoms with Gasteiger partial charge in [0.25, 0.3) is 0 Å². The van der Waals surface area contributed by atoms with Crippen LogP contribution in [0.1, 0.15) is 54.4 Å². The van der Waals surface area contributed by atoms with Gasteiger partial charge in [0.1, 0.15) is 12.2 Å². The molecular weight excluding hydrogens is 307 g/mol. The van der Waals surface area contributed by atoms with Crippen LogP contribution in [0, 0.1) is 22.2 Å². The van der Waals surface area contributed by atoms with Crippen molar-refractivity contribution in [2.24, 2.45) is 22.2 Å². The van der Waals surface area contributed by atoms with Gasteiger partial charge in [0.15, 0.2) is 5.22 Å². The minimum absolute atomic E-state index is 0.0106. The highest BCUT2D eigenvalue weighted by Gasteiger charge is 2.68. The second-order valence-electron chi connectivity index (χ2n) is 8.57. The summed E-state index contributed by atoms with van der Waals surface area (Å²) in [4.78, 5) is 0. The number of ether oxygens (including phenoxy) is 2. The lowest BCUT2D eigenvalue weighted by molar-refractivity contribution is -0.118. The average Bonchev–Trinajstić information content (AvgIpc) is 2.66. The second kappa shape index (κ2) is 5.62. The summed E-state index contributed by atoms with van der Waals surface area (Å²) < 4.78 is 12.3. The molecule has 122 valence electrons. The van der Waals surface area contributed by atoms with Crippen LogP contribution in [-0.4, -0.2) is 18.8 Å². The fourth-order valence-electron chi connectivity index (χ4n) is 4.14. The second-order valence-corrected chi connectivity index (χ2v) is 9.16. The zero-order valence-electron chi connectivity index (χ0n) is 14.0. The third kappa shape index (κ3) is 2.96. The summed E-state index contributed by atoms with van der Waals surface area (Å²) in [5, 5.41) is 0.262. The first-order valence-electron chi connectivity index (χ1n) is 7.77. The Morgan fingerprint density at radius 1 is 1.29 bits per heavy atom. The highest BCUT2D eigenvalue weighted by Crippen LogP contribution is 2.67. The Hall–Kier alpha value is 0.0800. The van der Waals surface area contributed by atoms with Crippen molar-refractivity contribution < 1.29 is 9.47 Å². The minimum Gasteiger partial charge on any atom is -0.476 e. The van der Waals surface area contributed by atoms with Crippen molar-refractivity contribution in [3.63, 3.8) is 0 Å². The Labute approximate surface area is 139 Å². The zero-order valence-corrected chi connectivity index (χ0v) is 15.5. The first-order valence-corrected chi connectivity index (χ1v) is 8.58. The predicted molar refractivity (Wildman–Crippen MR) is 88.5 cm³/mol. The van der Waals surface area contributed by atoms with Crippen LogP contribution >= 0.6 is 23.2 Å². The van der Waals surface area contributed by atoms with E-state index in [2.05, 4.69) is 41.5 Å². The van der Waals surface area contributed by atoms with E-state index < -0.39 is 0 Å². The van der Waals surface area contributed by atoms with Gasteiger partial charge in [-0.25, -0.2) is 0 Å². The van der Waals surface area contributed by atoms with E-state index in [1.165, 1.54) is 12.0 Å². The van der Waals surface area contributed by atoms with E-state index in [4.69, 9.17) is 32.7 Å². The largest absolute Gasteiger partial charge is 0.476 e. The maximum absolute atomic E-state index is 6.34. The molecule has 0 unspecified atom stereocenters. The standard InChI is InChI=1S/C17H28Cl2O2/c1-15(2,3)10-20-14-13(21-12(19)9-18)11-7-8-17(14,6)16(11,4)5/h9,11,13-14H,7-8,10H2,1-6H3/b12-9-/t11-,13-,14-,17+/m1/s1. The third-order valence-electron chi connectivity index (χ3n) is 5.73. The normalized spacial score (nSPS) is 38.9. The van der Waals surface area contributed by atoms with Crippen molar-refractivity contribution in [2.75, 3.05) is 6.61 Å². The topological polar surface area (TPSA) is 18.5 Å². The molecule has 0 radical (unpaired) electrons. The molecule has 2 aliphatic carbocycles. The van der Waals surface area contributed by atoms with Crippen LogP contribution in [0.4, 0.5) is 0 Å². The first kappa shape index (κ1) is 17.4. The highest BCUT2D eigenvalue weighted by molar-refractivity contribution is 6.35. The molecule has 2 fully saturated rings. The van der Waals surface area contributed by atoms with Crippen molar-refractivity contribution in [3.05, 3.63) is 10.8 Å². The lowest BCUT2D eigenvalue weighted by Gasteiger charge is -2.40. The van der Waals surface area contributed by atoms with E-state index >= 15 is 0 Å². The molecule has 4 atom stereocenters. The summed E-state index contributed by atoms with van der Waals surface area (Å²) >= 11 is 11.7. The summed E-state index contributed by atoms with van der Waals surface area (Å²) in [6.07, 6.45) is 2.40. The monoisotopic (exact) mass is 334 g/mol. The quantitative estimate of drug-likeness (QED) is 0.628. The minimum atomic E-state index is -0.0106. The first-order chi connectivity index (χ1) is 9.53. The number of halogens is 2. The number of fused-ring (bicyclic) bond motifs is 2. The number of hydrogen-bond acceptors (Lipinski definition) is 2. The Bertz CT molecular complexity index is 425. The van der Waals surface area contributed by atoms with Crippen molar-refractivity contribution >= 4 is 23.2 Å². The molecule has 0 aromatic carbocycles. The molecule has 2 saturated carbocycles. The van der Waals surface area contributed by atoms with Crippen molar-refractivity contribution in [2.45, 2.75) is 66.6 Å². The lowest BCUT2D eigenvalue weighted by atomic mass is 9.70. The van der Waals surface area contributed by atoms with E-state index in [-0.39, 0.29) is 33.7 Å². The maximum atomic E-state index is 6.34. The van der Waals surface area contributed by atoms with Crippen molar-refractivity contribution in [1.82, 2.24) is 0 Å². The van der Waals surface area contributed by atoms with Gasteiger partial charge in [0.05, 0.1) is 12.1 Å². The third-order valence-corrected chi connectivity index (χ3v) is 6.23. The lowest BCUT2D eigenvalue weighted by Crippen LogP contribution is -2.44. The van der Waals surface area contributed by atoms with Crippen LogP contribution in [0.15, 0.2) is 10.8 Å². The molecule has 0 aromatic rings. The fraction of sp³-hybridized carbons (Fsp3) is 0.882. The van der Waals surface area contributed by atoms with Crippen LogP contribution in [-0.2, 0) is 9.47 Å². The van der Waals surface area contributed by atoms with E-state index in [0.717, 1.165) is 13.0 Å². The Kier molecular flexibility index (Phi) is 4.66. The van der Waals surface area contributed by atoms with Gasteiger partial charge in [-0.1, -0.05) is 53.1 Å². The van der Waals surface area contributed by atoms with Crippen molar-refractivity contribution in [3.8, 4) is 0 Å². The summed E-state index contributed by atoms with van der Waals surface area (Å²) in [5.41, 5.74) is 1.74. The average molecular weight is 335 g/mol. The Morgan fingerprint density at radius 3 is 2.43 bits per heavy atom. The van der Waals surface area contributed by atoms with Gasteiger partial charge >= 0.3 is 0 Å². The molecule has 21 heavy (non-hydrogen) atoms. The van der Waals surface area contributed by atoms with Crippen LogP contribution in [0.3, 0.4) is 0 Å². The molecule has 2 nitrogen and oxygen atoms in total. The van der Waals surface area contributed by atoms with Gasteiger partial charge in [-0.3, -0.25) is 0 Å². The molecule has 2 aliphatic rings. The Morgan fingerprint density at radius 2 is 1.90 bits per heavy atom. The van der Waals surface area contributed by atoms with Crippen LogP contribution < -0.4 is 0 Å². The van der Waals surface area contributed by atoms with Gasteiger partial charge in [0.2, 0.25) is 0 Å². The molecule has 2 rings (SSSR count). The van der Waals surface area contributed by atoms with Crippen LogP contribution in [0.2, 0.25) is 0 Å². The molecule has 0 amide bonds. The fourth-order valence-corrected chi connectivity index (χ4v) is 4.29. The summed E-state index contributed by atoms with van der Waals surface area (Å²) in [6, 6.07) is 0. The predicted octanol–water partition coefficient (Wildman–Crippen LogP) is 5.54. The SMILES string of the molecule is CC(C)(C)CO[C@@H]1[C@H](O/C(Cl)=C\Cl)[C@H]2CC[C@]1(C)C2(C)C. The molecule has 0 aromatic heterocycles. The van der Waals surface area contributed by atoms with Gasteiger partial charge in [-0.2, -0.15) is 0 Å². The van der Waals surface area contributed by atoms with Gasteiger partial charge in [0, 0.05) is 11.3 Å². The molecule has 0 heterocycles. The molecule has 2 bridgehead atoms. The number of rotatable bonds is 4. The molecule has 0 N–H and O–H groups in total. The summed E-state index contributed by atoms with van der Waals surface area (Å²) in [7, 11) is 0. The van der Waals surface area contributed by atoms with Gasteiger partial charge in [-0.05, 0) is 35.3 Å². The van der Waals surface area contributed by atoms with Crippen molar-refractivity contribution in [1.29, 1.82) is 0 Å². The van der Waals surface area contributed by atoms with Gasteiger partial charge < -0.3 is 9.47 Å². The molecule has 0 spiro atoms. The van der Waals surface area contributed by atoms with E-state index in [0.29, 0.717) is 5.92 Å².